The van der Waals surface area contributed by atoms with Crippen LogP contribution in [-0.2, 0) is 19.5 Å². The maximum Gasteiger partial charge on any atom is 0.243 e. The van der Waals surface area contributed by atoms with Crippen molar-refractivity contribution in [3.63, 3.8) is 0 Å². The molecular weight excluding hydrogens is 462 g/mol. The second-order valence-electron chi connectivity index (χ2n) is 8.45. The molecule has 3 aromatic carbocycles. The number of carbonyl (C=O) groups is 1. The number of nitrogens with zero attached hydrogens (tertiary/aromatic N) is 2. The number of anilines is 1. The minimum atomic E-state index is -4.10. The molecule has 181 valence electrons. The summed E-state index contributed by atoms with van der Waals surface area (Å²) in [7, 11) is -2.23. The van der Waals surface area contributed by atoms with E-state index in [4.69, 9.17) is 5.73 Å². The highest BCUT2D eigenvalue weighted by Crippen LogP contribution is 2.39. The Balaban J connectivity index is 1.61. The largest absolute Gasteiger partial charge is 0.356 e. The van der Waals surface area contributed by atoms with E-state index in [0.29, 0.717) is 16.8 Å². The van der Waals surface area contributed by atoms with Gasteiger partial charge in [0.05, 0.1) is 11.4 Å². The highest BCUT2D eigenvalue weighted by Gasteiger charge is 2.51. The predicted molar refractivity (Wildman–Crippen MR) is 135 cm³/mol. The Morgan fingerprint density at radius 1 is 0.971 bits per heavy atom. The molecule has 0 saturated carbocycles. The first-order chi connectivity index (χ1) is 16.7. The Bertz CT molecular complexity index is 1300. The lowest BCUT2D eigenvalue weighted by atomic mass is 9.94. The maximum absolute atomic E-state index is 14.0. The molecule has 0 fully saturated rings. The van der Waals surface area contributed by atoms with Gasteiger partial charge in [0.25, 0.3) is 0 Å². The Kier molecular flexibility index (Phi) is 6.93. The van der Waals surface area contributed by atoms with Crippen molar-refractivity contribution in [1.29, 1.82) is 0 Å². The van der Waals surface area contributed by atoms with E-state index in [0.717, 1.165) is 0 Å². The normalized spacial score (nSPS) is 16.1. The van der Waals surface area contributed by atoms with E-state index < -0.39 is 20.8 Å². The average molecular weight is 492 g/mol. The molecule has 8 nitrogen and oxygen atoms in total. The van der Waals surface area contributed by atoms with Gasteiger partial charge in [0.15, 0.2) is 0 Å². The summed E-state index contributed by atoms with van der Waals surface area (Å²) in [4.78, 5) is 14.2. The number of amides is 1. The second kappa shape index (κ2) is 9.91. The zero-order chi connectivity index (χ0) is 25.1. The molecule has 1 aliphatic rings. The molecule has 0 aromatic heterocycles. The van der Waals surface area contributed by atoms with Gasteiger partial charge in [-0.25, -0.2) is 8.42 Å². The fourth-order valence-corrected chi connectivity index (χ4v) is 5.89. The number of quaternary nitrogens is 1. The van der Waals surface area contributed by atoms with Crippen molar-refractivity contribution in [3.05, 3.63) is 115 Å². The molecule has 35 heavy (non-hydrogen) atoms. The molecule has 3 aromatic rings. The number of nitrogens with one attached hydrogen (secondary N) is 1. The number of sulfone groups is 1. The first kappa shape index (κ1) is 24.5. The Hall–Kier alpha value is -3.66. The molecule has 6 N–H and O–H groups in total. The second-order valence-corrected chi connectivity index (χ2v) is 10.6. The minimum absolute atomic E-state index is 0.0452. The number of hydrogen-bond donors (Lipinski definition) is 3. The molecule has 1 heterocycles. The smallest absolute Gasteiger partial charge is 0.243 e. The number of benzene rings is 3. The monoisotopic (exact) mass is 491 g/mol. The summed E-state index contributed by atoms with van der Waals surface area (Å²) in [6.07, 6.45) is 3.63. The maximum atomic E-state index is 14.0. The third-order valence-electron chi connectivity index (χ3n) is 5.99. The molecule has 1 aliphatic heterocycles. The van der Waals surface area contributed by atoms with Gasteiger partial charge in [-0.3, -0.25) is 4.79 Å². The average Bonchev–Trinajstić information content (AvgIpc) is 3.28. The van der Waals surface area contributed by atoms with Crippen LogP contribution in [0.1, 0.15) is 17.2 Å². The highest BCUT2D eigenvalue weighted by molar-refractivity contribution is 7.92. The lowest BCUT2D eigenvalue weighted by molar-refractivity contribution is -0.437. The minimum Gasteiger partial charge on any atom is -0.356 e. The molecule has 1 radical (unpaired) electrons. The van der Waals surface area contributed by atoms with Crippen LogP contribution in [0, 0.1) is 6.67 Å². The van der Waals surface area contributed by atoms with Crippen molar-refractivity contribution in [2.75, 3.05) is 18.9 Å². The van der Waals surface area contributed by atoms with Crippen LogP contribution in [0.15, 0.2) is 102 Å². The van der Waals surface area contributed by atoms with Gasteiger partial charge >= 0.3 is 0 Å². The SMILES string of the molecule is CN1[CH]N(CC(=O)Nc2ccc(S(=O)(=O)[C@](N)(c3ccccc3)[C@H]([NH3+])c3ccccc3)cc2)C=C1. The van der Waals surface area contributed by atoms with Gasteiger partial charge in [0.2, 0.25) is 20.6 Å². The van der Waals surface area contributed by atoms with Crippen LogP contribution in [0.2, 0.25) is 0 Å². The lowest BCUT2D eigenvalue weighted by Gasteiger charge is -2.33. The van der Waals surface area contributed by atoms with E-state index in [-0.39, 0.29) is 17.3 Å². The fourth-order valence-electron chi connectivity index (χ4n) is 4.05. The van der Waals surface area contributed by atoms with Crippen LogP contribution in [-0.4, -0.2) is 37.7 Å². The highest BCUT2D eigenvalue weighted by atomic mass is 32.2. The molecule has 0 spiro atoms. The number of hydrogen-bond acceptors (Lipinski definition) is 6. The molecule has 4 rings (SSSR count). The standard InChI is InChI=1S/C26H28N5O3S/c1-30-16-17-31(19-30)18-24(32)29-22-12-14-23(15-13-22)35(33,34)26(28,21-10-6-3-7-11-21)25(27)20-8-4-2-5-9-20/h2-17,19,25H,18,27-28H2,1H3,(H,29,32)/p+1/t25-,26-/m1/s1. The van der Waals surface area contributed by atoms with E-state index in [1.807, 2.05) is 54.5 Å². The molecule has 0 aliphatic carbocycles. The van der Waals surface area contributed by atoms with E-state index in [1.165, 1.54) is 12.1 Å². The van der Waals surface area contributed by atoms with Crippen molar-refractivity contribution in [2.45, 2.75) is 15.8 Å². The third kappa shape index (κ3) is 4.93. The summed E-state index contributed by atoms with van der Waals surface area (Å²) >= 11 is 0. The van der Waals surface area contributed by atoms with Crippen molar-refractivity contribution < 1.29 is 18.9 Å². The molecule has 0 bridgehead atoms. The Morgan fingerprint density at radius 3 is 2.14 bits per heavy atom. The van der Waals surface area contributed by atoms with Crippen molar-refractivity contribution in [2.24, 2.45) is 5.73 Å². The van der Waals surface area contributed by atoms with Crippen LogP contribution >= 0.6 is 0 Å². The Labute approximate surface area is 205 Å². The Morgan fingerprint density at radius 2 is 1.57 bits per heavy atom. The van der Waals surface area contributed by atoms with E-state index >= 15 is 0 Å². The zero-order valence-electron chi connectivity index (χ0n) is 19.4. The van der Waals surface area contributed by atoms with Crippen molar-refractivity contribution in [3.8, 4) is 0 Å². The summed E-state index contributed by atoms with van der Waals surface area (Å²) in [5.41, 5.74) is 12.6. The van der Waals surface area contributed by atoms with E-state index in [1.54, 1.807) is 54.2 Å². The molecule has 2 atom stereocenters. The van der Waals surface area contributed by atoms with Crippen LogP contribution in [0.4, 0.5) is 5.69 Å². The van der Waals surface area contributed by atoms with E-state index in [9.17, 15) is 13.2 Å². The number of nitrogens with two attached hydrogens (primary N) is 1. The summed E-state index contributed by atoms with van der Waals surface area (Å²) in [5.74, 6) is -0.226. The predicted octanol–water partition coefficient (Wildman–Crippen LogP) is 2.03. The topological polar surface area (TPSA) is 123 Å². The molecule has 1 amide bonds. The van der Waals surface area contributed by atoms with Gasteiger partial charge in [-0.2, -0.15) is 0 Å². The summed E-state index contributed by atoms with van der Waals surface area (Å²) < 4.78 is 28.0. The summed E-state index contributed by atoms with van der Waals surface area (Å²) in [5, 5.41) is 2.79. The molecular formula is C26H29N5O3S+. The summed E-state index contributed by atoms with van der Waals surface area (Å²) in [6.45, 7) is 1.93. The number of rotatable bonds is 8. The number of carbonyl (C=O) groups excluding carboxylic acids is 1. The van der Waals surface area contributed by atoms with Gasteiger partial charge in [-0.15, -0.1) is 0 Å². The fraction of sp³-hybridized carbons (Fsp3) is 0.154. The van der Waals surface area contributed by atoms with Crippen molar-refractivity contribution >= 4 is 21.4 Å². The quantitative estimate of drug-likeness (QED) is 0.443. The summed E-state index contributed by atoms with van der Waals surface area (Å²) in [6, 6.07) is 23.2. The molecule has 0 saturated heterocycles. The van der Waals surface area contributed by atoms with Crippen LogP contribution < -0.4 is 16.8 Å². The van der Waals surface area contributed by atoms with Crippen LogP contribution in [0.3, 0.4) is 0 Å². The first-order valence-electron chi connectivity index (χ1n) is 11.1. The molecule has 0 unspecified atom stereocenters. The van der Waals surface area contributed by atoms with Crippen LogP contribution in [0.5, 0.6) is 0 Å². The molecule has 9 heteroatoms. The van der Waals surface area contributed by atoms with Gasteiger partial charge < -0.3 is 26.6 Å². The van der Waals surface area contributed by atoms with Gasteiger partial charge in [-0.05, 0) is 29.8 Å². The van der Waals surface area contributed by atoms with Gasteiger partial charge in [0.1, 0.15) is 12.7 Å². The first-order valence-corrected chi connectivity index (χ1v) is 12.6. The van der Waals surface area contributed by atoms with E-state index in [2.05, 4.69) is 11.1 Å². The van der Waals surface area contributed by atoms with Gasteiger partial charge in [0, 0.05) is 30.7 Å². The van der Waals surface area contributed by atoms with Crippen molar-refractivity contribution in [1.82, 2.24) is 9.80 Å². The zero-order valence-corrected chi connectivity index (χ0v) is 20.2. The lowest BCUT2D eigenvalue weighted by Crippen LogP contribution is -2.68. The van der Waals surface area contributed by atoms with Crippen LogP contribution in [0.25, 0.3) is 0 Å². The third-order valence-corrected chi connectivity index (χ3v) is 8.29. The van der Waals surface area contributed by atoms with Gasteiger partial charge in [-0.1, -0.05) is 60.7 Å².